The molecule has 1 aromatic heterocycles. The van der Waals surface area contributed by atoms with Gasteiger partial charge in [0.15, 0.2) is 23.4 Å². The van der Waals surface area contributed by atoms with E-state index in [1.54, 1.807) is 49.4 Å². The summed E-state index contributed by atoms with van der Waals surface area (Å²) < 4.78 is 57.1. The van der Waals surface area contributed by atoms with E-state index in [1.165, 1.54) is 32.4 Å². The van der Waals surface area contributed by atoms with E-state index in [0.29, 0.717) is 29.2 Å². The number of esters is 1. The maximum atomic E-state index is 13.4. The van der Waals surface area contributed by atoms with E-state index in [4.69, 9.17) is 9.47 Å². The van der Waals surface area contributed by atoms with E-state index in [-0.39, 0.29) is 16.8 Å². The van der Waals surface area contributed by atoms with Crippen molar-refractivity contribution in [2.45, 2.75) is 26.1 Å². The average molecular weight is 540 g/mol. The number of fused-ring (bicyclic) bond motifs is 1. The minimum absolute atomic E-state index is 0.0575. The van der Waals surface area contributed by atoms with Crippen LogP contribution >= 0.6 is 0 Å². The Morgan fingerprint density at radius 3 is 2.56 bits per heavy atom. The van der Waals surface area contributed by atoms with Gasteiger partial charge in [-0.05, 0) is 61.9 Å². The van der Waals surface area contributed by atoms with Crippen molar-refractivity contribution >= 4 is 23.1 Å². The molecule has 0 bridgehead atoms. The van der Waals surface area contributed by atoms with Gasteiger partial charge >= 0.3 is 12.1 Å². The van der Waals surface area contributed by atoms with Crippen molar-refractivity contribution in [1.29, 1.82) is 0 Å². The van der Waals surface area contributed by atoms with Gasteiger partial charge in [-0.25, -0.2) is 9.78 Å². The summed E-state index contributed by atoms with van der Waals surface area (Å²) in [5.74, 6) is -0.00768. The molecule has 0 spiro atoms. The maximum absolute atomic E-state index is 13.4. The normalized spacial score (nSPS) is 12.5. The Morgan fingerprint density at radius 2 is 1.85 bits per heavy atom. The van der Waals surface area contributed by atoms with Crippen LogP contribution in [0.15, 0.2) is 76.6 Å². The molecule has 8 nitrogen and oxygen atoms in total. The molecule has 202 valence electrons. The highest BCUT2D eigenvalue weighted by Crippen LogP contribution is 2.32. The molecule has 0 aliphatic heterocycles. The van der Waals surface area contributed by atoms with Gasteiger partial charge in [-0.1, -0.05) is 24.3 Å². The van der Waals surface area contributed by atoms with Crippen LogP contribution in [0.25, 0.3) is 22.3 Å². The lowest BCUT2D eigenvalue weighted by Crippen LogP contribution is -2.25. The molecular formula is C28H24F3N3O5. The molecule has 0 amide bonds. The lowest BCUT2D eigenvalue weighted by molar-refractivity contribution is -0.148. The van der Waals surface area contributed by atoms with Crippen LogP contribution in [-0.4, -0.2) is 41.7 Å². The third-order valence-corrected chi connectivity index (χ3v) is 5.63. The molecule has 0 fully saturated rings. The Hall–Kier alpha value is -4.67. The maximum Gasteiger partial charge on any atom is 0.416 e. The minimum Gasteiger partial charge on any atom is -0.490 e. The van der Waals surface area contributed by atoms with Crippen LogP contribution < -0.4 is 15.0 Å². The summed E-state index contributed by atoms with van der Waals surface area (Å²) in [5, 5.41) is 4.54. The van der Waals surface area contributed by atoms with Crippen molar-refractivity contribution in [3.8, 4) is 22.9 Å². The molecular weight excluding hydrogens is 515 g/mol. The molecule has 3 aromatic carbocycles. The highest BCUT2D eigenvalue weighted by molar-refractivity contribution is 5.83. The summed E-state index contributed by atoms with van der Waals surface area (Å²) in [7, 11) is 1.25. The summed E-state index contributed by atoms with van der Waals surface area (Å²) in [5.41, 5.74) is -0.551. The molecule has 0 aliphatic carbocycles. The zero-order valence-electron chi connectivity index (χ0n) is 21.2. The molecule has 0 saturated heterocycles. The standard InChI is InChI=1S/C28H24F3N3O5/c1-4-38-24-14-18(12-13-23(24)39-17(2)27(36)37-3)16-32-34-25(19-8-7-9-20(15-19)28(29,30)31)33-22-11-6-5-10-21(22)26(34)35/h5-17H,4H2,1-3H3/t17-/m1/s1. The summed E-state index contributed by atoms with van der Waals surface area (Å²) >= 11 is 0. The molecule has 4 aromatic rings. The van der Waals surface area contributed by atoms with E-state index >= 15 is 0 Å². The number of benzene rings is 3. The average Bonchev–Trinajstić information content (AvgIpc) is 2.93. The van der Waals surface area contributed by atoms with Gasteiger partial charge in [-0.2, -0.15) is 22.9 Å². The number of carbonyl (C=O) groups is 1. The second-order valence-corrected chi connectivity index (χ2v) is 8.32. The molecule has 1 atom stereocenters. The van der Waals surface area contributed by atoms with Gasteiger partial charge in [0, 0.05) is 5.56 Å². The number of rotatable bonds is 8. The summed E-state index contributed by atoms with van der Waals surface area (Å²) in [6.45, 7) is 3.61. The van der Waals surface area contributed by atoms with Gasteiger partial charge in [0.05, 0.1) is 36.4 Å². The molecule has 0 radical (unpaired) electrons. The number of halogens is 3. The smallest absolute Gasteiger partial charge is 0.416 e. The van der Waals surface area contributed by atoms with Gasteiger partial charge < -0.3 is 14.2 Å². The Morgan fingerprint density at radius 1 is 1.08 bits per heavy atom. The number of hydrogen-bond donors (Lipinski definition) is 0. The number of hydrogen-bond acceptors (Lipinski definition) is 7. The van der Waals surface area contributed by atoms with E-state index in [0.717, 1.165) is 16.8 Å². The number of methoxy groups -OCH3 is 1. The topological polar surface area (TPSA) is 92.0 Å². The first-order chi connectivity index (χ1) is 18.6. The number of nitrogens with zero attached hydrogens (tertiary/aromatic N) is 3. The Balaban J connectivity index is 1.80. The van der Waals surface area contributed by atoms with E-state index in [2.05, 4.69) is 14.8 Å². The quantitative estimate of drug-likeness (QED) is 0.223. The minimum atomic E-state index is -4.58. The first-order valence-electron chi connectivity index (χ1n) is 11.9. The Labute approximate surface area is 221 Å². The van der Waals surface area contributed by atoms with E-state index in [9.17, 15) is 22.8 Å². The van der Waals surface area contributed by atoms with Crippen LogP contribution in [0.2, 0.25) is 0 Å². The van der Waals surface area contributed by atoms with Crippen molar-refractivity contribution in [3.63, 3.8) is 0 Å². The monoisotopic (exact) mass is 539 g/mol. The first kappa shape index (κ1) is 27.4. The van der Waals surface area contributed by atoms with Crippen LogP contribution in [0.5, 0.6) is 11.5 Å². The van der Waals surface area contributed by atoms with Gasteiger partial charge in [-0.3, -0.25) is 4.79 Å². The third kappa shape index (κ3) is 6.08. The predicted molar refractivity (Wildman–Crippen MR) is 139 cm³/mol. The fourth-order valence-electron chi connectivity index (χ4n) is 3.75. The van der Waals surface area contributed by atoms with Crippen molar-refractivity contribution in [2.75, 3.05) is 13.7 Å². The van der Waals surface area contributed by atoms with E-state index < -0.39 is 29.4 Å². The highest BCUT2D eigenvalue weighted by Gasteiger charge is 2.31. The number of alkyl halides is 3. The lowest BCUT2D eigenvalue weighted by atomic mass is 10.1. The zero-order valence-corrected chi connectivity index (χ0v) is 21.2. The molecule has 1 heterocycles. The molecule has 39 heavy (non-hydrogen) atoms. The Bertz CT molecular complexity index is 1600. The number of carbonyl (C=O) groups excluding carboxylic acids is 1. The molecule has 0 aliphatic rings. The number of para-hydroxylation sites is 1. The lowest BCUT2D eigenvalue weighted by Gasteiger charge is -2.16. The number of ether oxygens (including phenoxy) is 3. The van der Waals surface area contributed by atoms with Crippen LogP contribution in [-0.2, 0) is 15.7 Å². The van der Waals surface area contributed by atoms with E-state index in [1.807, 2.05) is 0 Å². The highest BCUT2D eigenvalue weighted by atomic mass is 19.4. The molecule has 11 heteroatoms. The van der Waals surface area contributed by atoms with Crippen molar-refractivity contribution in [3.05, 3.63) is 88.2 Å². The first-order valence-corrected chi connectivity index (χ1v) is 11.9. The van der Waals surface area contributed by atoms with Crippen molar-refractivity contribution in [2.24, 2.45) is 5.10 Å². The molecule has 0 saturated carbocycles. The van der Waals surface area contributed by atoms with Crippen LogP contribution in [0.1, 0.15) is 25.0 Å². The van der Waals surface area contributed by atoms with Crippen LogP contribution in [0, 0.1) is 0 Å². The van der Waals surface area contributed by atoms with Gasteiger partial charge in [-0.15, -0.1) is 0 Å². The van der Waals surface area contributed by atoms with Crippen LogP contribution in [0.3, 0.4) is 0 Å². The molecule has 4 rings (SSSR count). The van der Waals surface area contributed by atoms with Crippen molar-refractivity contribution in [1.82, 2.24) is 9.66 Å². The number of aromatic nitrogens is 2. The van der Waals surface area contributed by atoms with Gasteiger partial charge in [0.2, 0.25) is 0 Å². The predicted octanol–water partition coefficient (Wildman–Crippen LogP) is 5.30. The second kappa shape index (κ2) is 11.4. The summed E-state index contributed by atoms with van der Waals surface area (Å²) in [4.78, 5) is 29.6. The van der Waals surface area contributed by atoms with Crippen LogP contribution in [0.4, 0.5) is 13.2 Å². The van der Waals surface area contributed by atoms with Gasteiger partial charge in [0.25, 0.3) is 5.56 Å². The molecule has 0 N–H and O–H groups in total. The molecule has 0 unspecified atom stereocenters. The zero-order chi connectivity index (χ0) is 28.2. The largest absolute Gasteiger partial charge is 0.490 e. The van der Waals surface area contributed by atoms with Gasteiger partial charge in [0.1, 0.15) is 0 Å². The fraction of sp³-hybridized carbons (Fsp3) is 0.214. The summed E-state index contributed by atoms with van der Waals surface area (Å²) in [6, 6.07) is 15.8. The Kier molecular flexibility index (Phi) is 7.99. The van der Waals surface area contributed by atoms with Crippen molar-refractivity contribution < 1.29 is 32.2 Å². The third-order valence-electron chi connectivity index (χ3n) is 5.63. The summed E-state index contributed by atoms with van der Waals surface area (Å²) in [6.07, 6.45) is -4.11. The fourth-order valence-corrected chi connectivity index (χ4v) is 3.75. The second-order valence-electron chi connectivity index (χ2n) is 8.32. The SMILES string of the molecule is CCOc1cc(C=Nn2c(-c3cccc(C(F)(F)F)c3)nc3ccccc3c2=O)ccc1O[C@H](C)C(=O)OC.